The molecule has 0 amide bonds. The zero-order valence-electron chi connectivity index (χ0n) is 11.7. The lowest BCUT2D eigenvalue weighted by molar-refractivity contribution is -0.485. The van der Waals surface area contributed by atoms with Crippen LogP contribution in [0.1, 0.15) is 35.7 Å². The maximum Gasteiger partial charge on any atom is 0.337 e. The van der Waals surface area contributed by atoms with Crippen molar-refractivity contribution in [3.05, 3.63) is 45.5 Å². The summed E-state index contributed by atoms with van der Waals surface area (Å²) in [5.74, 6) is -1.03. The summed E-state index contributed by atoms with van der Waals surface area (Å²) < 4.78 is 4.59. The number of rotatable bonds is 6. The summed E-state index contributed by atoms with van der Waals surface area (Å²) >= 11 is 0. The number of nitro groups is 1. The third-order valence-corrected chi connectivity index (χ3v) is 3.27. The zero-order valence-corrected chi connectivity index (χ0v) is 11.7. The van der Waals surface area contributed by atoms with Crippen LogP contribution in [-0.4, -0.2) is 30.8 Å². The zero-order chi connectivity index (χ0) is 15.3. The Kier molecular flexibility index (Phi) is 4.96. The molecule has 0 aromatic heterocycles. The minimum atomic E-state index is -0.861. The number of carbonyl (C=O) groups excluding carboxylic acids is 2. The van der Waals surface area contributed by atoms with Crippen LogP contribution in [-0.2, 0) is 9.53 Å². The molecule has 108 valence electrons. The number of esters is 1. The summed E-state index contributed by atoms with van der Waals surface area (Å²) in [5.41, 5.74) is 0.145. The lowest BCUT2D eigenvalue weighted by atomic mass is 9.76. The highest BCUT2D eigenvalue weighted by Gasteiger charge is 2.34. The summed E-state index contributed by atoms with van der Waals surface area (Å²) in [7, 11) is 1.28. The number of benzene rings is 1. The van der Waals surface area contributed by atoms with E-state index in [1.807, 2.05) is 0 Å². The number of ether oxygens (including phenoxy) is 1. The van der Waals surface area contributed by atoms with Crippen LogP contribution in [0.2, 0.25) is 0 Å². The van der Waals surface area contributed by atoms with Gasteiger partial charge in [-0.05, 0) is 17.7 Å². The van der Waals surface area contributed by atoms with Gasteiger partial charge >= 0.3 is 5.97 Å². The Morgan fingerprint density at radius 1 is 1.40 bits per heavy atom. The van der Waals surface area contributed by atoms with Crippen LogP contribution in [0.15, 0.2) is 24.3 Å². The number of aldehydes is 1. The Morgan fingerprint density at radius 2 is 1.95 bits per heavy atom. The number of carbonyl (C=O) groups is 2. The van der Waals surface area contributed by atoms with Crippen LogP contribution >= 0.6 is 0 Å². The van der Waals surface area contributed by atoms with Gasteiger partial charge in [-0.3, -0.25) is 10.1 Å². The third-order valence-electron chi connectivity index (χ3n) is 3.27. The maximum absolute atomic E-state index is 11.3. The molecular formula is C14H17NO5. The quantitative estimate of drug-likeness (QED) is 0.344. The molecule has 1 aromatic rings. The van der Waals surface area contributed by atoms with Crippen molar-refractivity contribution in [2.45, 2.75) is 19.8 Å². The third kappa shape index (κ3) is 3.63. The molecule has 1 rings (SSSR count). The van der Waals surface area contributed by atoms with E-state index in [0.717, 1.165) is 6.29 Å². The minimum Gasteiger partial charge on any atom is -0.465 e. The molecule has 1 atom stereocenters. The van der Waals surface area contributed by atoms with Crippen LogP contribution in [0, 0.1) is 15.5 Å². The SMILES string of the molecule is COC(=O)c1ccc(C(C[N+](=O)[O-])C(C)(C)C=O)cc1. The normalized spacial score (nSPS) is 12.6. The summed E-state index contributed by atoms with van der Waals surface area (Å²) in [6.45, 7) is 2.97. The fraction of sp³-hybridized carbons (Fsp3) is 0.429. The maximum atomic E-state index is 11.3. The van der Waals surface area contributed by atoms with Gasteiger partial charge in [0.2, 0.25) is 6.54 Å². The van der Waals surface area contributed by atoms with Gasteiger partial charge in [-0.1, -0.05) is 26.0 Å². The molecule has 0 aliphatic carbocycles. The van der Waals surface area contributed by atoms with Gasteiger partial charge in [0, 0.05) is 10.3 Å². The number of methoxy groups -OCH3 is 1. The smallest absolute Gasteiger partial charge is 0.337 e. The van der Waals surface area contributed by atoms with E-state index in [0.29, 0.717) is 11.1 Å². The van der Waals surface area contributed by atoms with Crippen molar-refractivity contribution in [3.8, 4) is 0 Å². The van der Waals surface area contributed by atoms with E-state index in [9.17, 15) is 19.7 Å². The number of nitrogens with zero attached hydrogens (tertiary/aromatic N) is 1. The van der Waals surface area contributed by atoms with Crippen molar-refractivity contribution in [1.82, 2.24) is 0 Å². The fourth-order valence-electron chi connectivity index (χ4n) is 1.97. The van der Waals surface area contributed by atoms with Crippen LogP contribution in [0.3, 0.4) is 0 Å². The van der Waals surface area contributed by atoms with Gasteiger partial charge in [-0.15, -0.1) is 0 Å². The van der Waals surface area contributed by atoms with Crippen molar-refractivity contribution >= 4 is 12.3 Å². The van der Waals surface area contributed by atoms with E-state index in [1.165, 1.54) is 19.2 Å². The average molecular weight is 279 g/mol. The lowest BCUT2D eigenvalue weighted by Gasteiger charge is -2.26. The highest BCUT2D eigenvalue weighted by atomic mass is 16.6. The first kappa shape index (κ1) is 15.8. The molecule has 6 heteroatoms. The second-order valence-corrected chi connectivity index (χ2v) is 5.12. The van der Waals surface area contributed by atoms with E-state index >= 15 is 0 Å². The first-order valence-corrected chi connectivity index (χ1v) is 6.08. The van der Waals surface area contributed by atoms with Crippen LogP contribution in [0.5, 0.6) is 0 Å². The summed E-state index contributed by atoms with van der Waals surface area (Å²) in [5, 5.41) is 10.8. The molecule has 0 saturated carbocycles. The molecule has 6 nitrogen and oxygen atoms in total. The summed E-state index contributed by atoms with van der Waals surface area (Å²) in [4.78, 5) is 32.8. The van der Waals surface area contributed by atoms with Gasteiger partial charge in [0.1, 0.15) is 6.29 Å². The molecule has 0 spiro atoms. The molecule has 0 aliphatic heterocycles. The average Bonchev–Trinajstić information content (AvgIpc) is 2.43. The lowest BCUT2D eigenvalue weighted by Crippen LogP contribution is -2.29. The first-order valence-electron chi connectivity index (χ1n) is 6.08. The Labute approximate surface area is 116 Å². The van der Waals surface area contributed by atoms with Gasteiger partial charge in [0.25, 0.3) is 0 Å². The van der Waals surface area contributed by atoms with E-state index in [1.54, 1.807) is 26.0 Å². The molecule has 0 saturated heterocycles. The van der Waals surface area contributed by atoms with Gasteiger partial charge in [-0.2, -0.15) is 0 Å². The van der Waals surface area contributed by atoms with Gasteiger partial charge in [0.15, 0.2) is 0 Å². The Morgan fingerprint density at radius 3 is 2.35 bits per heavy atom. The van der Waals surface area contributed by atoms with Crippen LogP contribution < -0.4 is 0 Å². The summed E-state index contributed by atoms with van der Waals surface area (Å²) in [6.07, 6.45) is 0.718. The molecule has 0 aliphatic rings. The molecular weight excluding hydrogens is 262 g/mol. The number of hydrogen-bond donors (Lipinski definition) is 0. The Bertz CT molecular complexity index is 507. The summed E-state index contributed by atoms with van der Waals surface area (Å²) in [6, 6.07) is 6.31. The highest BCUT2D eigenvalue weighted by molar-refractivity contribution is 5.89. The topological polar surface area (TPSA) is 86.5 Å². The minimum absolute atomic E-state index is 0.344. The van der Waals surface area contributed by atoms with Gasteiger partial charge < -0.3 is 9.53 Å². The molecule has 0 bridgehead atoms. The second kappa shape index (κ2) is 6.27. The fourth-order valence-corrected chi connectivity index (χ4v) is 1.97. The monoisotopic (exact) mass is 279 g/mol. The van der Waals surface area contributed by atoms with E-state index in [2.05, 4.69) is 4.74 Å². The van der Waals surface area contributed by atoms with Gasteiger partial charge in [-0.25, -0.2) is 4.79 Å². The van der Waals surface area contributed by atoms with Crippen LogP contribution in [0.4, 0.5) is 0 Å². The van der Waals surface area contributed by atoms with Crippen molar-refractivity contribution in [3.63, 3.8) is 0 Å². The molecule has 0 radical (unpaired) electrons. The van der Waals surface area contributed by atoms with E-state index in [4.69, 9.17) is 0 Å². The molecule has 0 heterocycles. The van der Waals surface area contributed by atoms with Crippen molar-refractivity contribution < 1.29 is 19.2 Å². The Balaban J connectivity index is 3.12. The van der Waals surface area contributed by atoms with Crippen molar-refractivity contribution in [2.24, 2.45) is 5.41 Å². The predicted octanol–water partition coefficient (Wildman–Crippen LogP) is 2.06. The van der Waals surface area contributed by atoms with Crippen molar-refractivity contribution in [2.75, 3.05) is 13.7 Å². The standard InChI is InChI=1S/C14H17NO5/c1-14(2,9-16)12(8-15(18)19)10-4-6-11(7-5-10)13(17)20-3/h4-7,9,12H,8H2,1-3H3. The van der Waals surface area contributed by atoms with E-state index in [-0.39, 0.29) is 6.54 Å². The molecule has 0 fully saturated rings. The highest BCUT2D eigenvalue weighted by Crippen LogP contribution is 2.34. The second-order valence-electron chi connectivity index (χ2n) is 5.12. The molecule has 1 aromatic carbocycles. The van der Waals surface area contributed by atoms with Crippen LogP contribution in [0.25, 0.3) is 0 Å². The molecule has 1 unspecified atom stereocenters. The first-order chi connectivity index (χ1) is 9.31. The molecule has 20 heavy (non-hydrogen) atoms. The molecule has 0 N–H and O–H groups in total. The van der Waals surface area contributed by atoms with Gasteiger partial charge in [0.05, 0.1) is 18.6 Å². The van der Waals surface area contributed by atoms with E-state index < -0.39 is 22.2 Å². The Hall–Kier alpha value is -2.24. The predicted molar refractivity (Wildman–Crippen MR) is 72.2 cm³/mol. The van der Waals surface area contributed by atoms with Crippen molar-refractivity contribution in [1.29, 1.82) is 0 Å². The largest absolute Gasteiger partial charge is 0.465 e. The number of hydrogen-bond acceptors (Lipinski definition) is 5.